The van der Waals surface area contributed by atoms with Crippen molar-refractivity contribution in [1.82, 2.24) is 44.9 Å². The number of hydrogen-bond donors (Lipinski definition) is 1. The Labute approximate surface area is 217 Å². The van der Waals surface area contributed by atoms with E-state index in [4.69, 9.17) is 5.10 Å². The van der Waals surface area contributed by atoms with Crippen LogP contribution in [0, 0.1) is 0 Å². The molecule has 1 saturated carbocycles. The average molecular weight is 502 g/mol. The number of likely N-dealkylation sites (N-methyl/N-ethyl adjacent to an activating group) is 1. The highest BCUT2D eigenvalue weighted by Gasteiger charge is 2.50. The molecule has 0 atom stereocenters. The summed E-state index contributed by atoms with van der Waals surface area (Å²) >= 11 is 0. The molecule has 1 aliphatic carbocycles. The number of nitrogens with zero attached hydrogens (tertiary/aromatic N) is 8. The van der Waals surface area contributed by atoms with Gasteiger partial charge in [-0.2, -0.15) is 14.7 Å². The molecule has 0 spiro atoms. The second-order valence-electron chi connectivity index (χ2n) is 9.55. The fourth-order valence-electron chi connectivity index (χ4n) is 4.93. The Bertz CT molecular complexity index is 1820. The van der Waals surface area contributed by atoms with Crippen LogP contribution in [0.3, 0.4) is 0 Å². The quantitative estimate of drug-likeness (QED) is 0.372. The van der Waals surface area contributed by atoms with Gasteiger partial charge in [0.2, 0.25) is 5.91 Å². The maximum Gasteiger partial charge on any atom is 0.271 e. The van der Waals surface area contributed by atoms with Crippen LogP contribution in [0.25, 0.3) is 39.1 Å². The van der Waals surface area contributed by atoms with Crippen molar-refractivity contribution in [2.75, 3.05) is 7.05 Å². The van der Waals surface area contributed by atoms with Crippen molar-refractivity contribution in [3.8, 4) is 22.4 Å². The summed E-state index contributed by atoms with van der Waals surface area (Å²) in [7, 11) is 1.61. The molecule has 186 valence electrons. The van der Waals surface area contributed by atoms with Crippen LogP contribution < -0.4 is 5.32 Å². The Balaban J connectivity index is 1.20. The zero-order chi connectivity index (χ0) is 25.7. The first kappa shape index (κ1) is 22.2. The summed E-state index contributed by atoms with van der Waals surface area (Å²) in [6, 6.07) is 18.5. The van der Waals surface area contributed by atoms with Gasteiger partial charge >= 0.3 is 0 Å². The van der Waals surface area contributed by atoms with Gasteiger partial charge in [0, 0.05) is 36.0 Å². The lowest BCUT2D eigenvalue weighted by Gasteiger charge is -2.14. The number of nitrogens with one attached hydrogen (secondary N) is 1. The van der Waals surface area contributed by atoms with Gasteiger partial charge in [-0.05, 0) is 42.2 Å². The third kappa shape index (κ3) is 3.69. The van der Waals surface area contributed by atoms with Crippen LogP contribution in [0.15, 0.2) is 79.4 Å². The zero-order valence-corrected chi connectivity index (χ0v) is 20.6. The summed E-state index contributed by atoms with van der Waals surface area (Å²) in [6.07, 6.45) is 9.11. The van der Waals surface area contributed by atoms with Crippen molar-refractivity contribution in [3.63, 3.8) is 0 Å². The first-order valence-corrected chi connectivity index (χ1v) is 12.4. The molecule has 6 aromatic rings. The molecule has 2 aromatic carbocycles. The van der Waals surface area contributed by atoms with E-state index in [0.29, 0.717) is 5.78 Å². The first-order chi connectivity index (χ1) is 18.6. The Morgan fingerprint density at radius 2 is 1.82 bits per heavy atom. The Morgan fingerprint density at radius 3 is 2.63 bits per heavy atom. The van der Waals surface area contributed by atoms with Crippen LogP contribution in [0.5, 0.6) is 0 Å². The van der Waals surface area contributed by atoms with E-state index < -0.39 is 0 Å². The van der Waals surface area contributed by atoms with Crippen LogP contribution in [-0.4, -0.2) is 52.5 Å². The number of aromatic nitrogens is 8. The van der Waals surface area contributed by atoms with Gasteiger partial charge in [0.15, 0.2) is 5.82 Å². The summed E-state index contributed by atoms with van der Waals surface area (Å²) < 4.78 is 3.40. The van der Waals surface area contributed by atoms with E-state index in [0.717, 1.165) is 52.0 Å². The molecule has 0 bridgehead atoms. The smallest absolute Gasteiger partial charge is 0.271 e. The van der Waals surface area contributed by atoms with E-state index >= 15 is 0 Å². The van der Waals surface area contributed by atoms with Gasteiger partial charge in [-0.1, -0.05) is 36.4 Å². The van der Waals surface area contributed by atoms with E-state index in [-0.39, 0.29) is 17.9 Å². The van der Waals surface area contributed by atoms with Crippen molar-refractivity contribution >= 4 is 22.6 Å². The monoisotopic (exact) mass is 501 g/mol. The van der Waals surface area contributed by atoms with Crippen LogP contribution in [0.4, 0.5) is 0 Å². The van der Waals surface area contributed by atoms with Crippen LogP contribution >= 0.6 is 0 Å². The topological polar surface area (TPSA) is 116 Å². The Morgan fingerprint density at radius 1 is 0.974 bits per heavy atom. The average Bonchev–Trinajstić information content (AvgIpc) is 3.44. The third-order valence-electron chi connectivity index (χ3n) is 7.20. The van der Waals surface area contributed by atoms with Gasteiger partial charge in [0.05, 0.1) is 23.3 Å². The van der Waals surface area contributed by atoms with E-state index in [1.54, 1.807) is 28.6 Å². The highest BCUT2D eigenvalue weighted by Crippen LogP contribution is 2.53. The summed E-state index contributed by atoms with van der Waals surface area (Å²) in [4.78, 5) is 20.6. The molecule has 1 aliphatic rings. The molecular weight excluding hydrogens is 478 g/mol. The Kier molecular flexibility index (Phi) is 5.00. The molecule has 7 rings (SSSR count). The number of rotatable bonds is 6. The molecular formula is C28H23N9O. The molecule has 0 saturated heterocycles. The number of amides is 1. The second kappa shape index (κ2) is 8.55. The lowest BCUT2D eigenvalue weighted by atomic mass is 9.94. The second-order valence-corrected chi connectivity index (χ2v) is 9.55. The molecule has 4 aromatic heterocycles. The maximum atomic E-state index is 11.6. The van der Waals surface area contributed by atoms with Gasteiger partial charge < -0.3 is 5.32 Å². The molecule has 4 heterocycles. The number of hydrogen-bond acceptors (Lipinski definition) is 7. The number of carbonyl (C=O) groups excluding carboxylic acids is 1. The fraction of sp³-hybridized carbons (Fsp3) is 0.179. The normalized spacial score (nSPS) is 14.1. The number of fused-ring (bicyclic) bond motifs is 2. The van der Waals surface area contributed by atoms with Crippen LogP contribution in [0.2, 0.25) is 0 Å². The molecule has 0 aliphatic heterocycles. The van der Waals surface area contributed by atoms with Crippen molar-refractivity contribution in [2.24, 2.45) is 0 Å². The van der Waals surface area contributed by atoms with Gasteiger partial charge in [0.25, 0.3) is 5.78 Å². The van der Waals surface area contributed by atoms with Crippen molar-refractivity contribution < 1.29 is 4.79 Å². The zero-order valence-electron chi connectivity index (χ0n) is 20.6. The molecule has 10 nitrogen and oxygen atoms in total. The highest BCUT2D eigenvalue weighted by molar-refractivity contribution is 5.80. The van der Waals surface area contributed by atoms with Crippen LogP contribution in [0.1, 0.15) is 24.2 Å². The SMILES string of the molecule is CNC(=O)Cn1cc(-c2ccc(-c3cnc4nnc(C5(c6ccc7ncccc7c6)CC5)n4n3)cc2)cn1. The fourth-order valence-corrected chi connectivity index (χ4v) is 4.93. The Hall–Kier alpha value is -4.99. The lowest BCUT2D eigenvalue weighted by molar-refractivity contribution is -0.121. The minimum Gasteiger partial charge on any atom is -0.358 e. The number of carbonyl (C=O) groups is 1. The molecule has 0 unspecified atom stereocenters. The minimum absolute atomic E-state index is 0.0945. The van der Waals surface area contributed by atoms with Gasteiger partial charge in [-0.3, -0.25) is 14.5 Å². The van der Waals surface area contributed by atoms with Crippen molar-refractivity contribution in [3.05, 3.63) is 90.8 Å². The van der Waals surface area contributed by atoms with Gasteiger partial charge in [-0.25, -0.2) is 4.98 Å². The lowest BCUT2D eigenvalue weighted by Crippen LogP contribution is -2.23. The molecule has 1 fully saturated rings. The number of pyridine rings is 1. The van der Waals surface area contributed by atoms with Crippen LogP contribution in [-0.2, 0) is 16.8 Å². The molecule has 1 N–H and O–H groups in total. The molecule has 1 amide bonds. The van der Waals surface area contributed by atoms with Crippen molar-refractivity contribution in [2.45, 2.75) is 24.8 Å². The highest BCUT2D eigenvalue weighted by atomic mass is 16.1. The van der Waals surface area contributed by atoms with E-state index in [1.807, 2.05) is 42.7 Å². The van der Waals surface area contributed by atoms with Gasteiger partial charge in [0.1, 0.15) is 12.2 Å². The standard InChI is InChI=1S/C28H23N9O/c1-29-25(38)17-36-16-21(14-32-36)18-4-6-19(7-5-18)24-15-31-27-34-33-26(37(27)35-24)28(10-11-28)22-8-9-23-20(13-22)3-2-12-30-23/h2-9,12-16H,10-11,17H2,1H3,(H,29,38). The molecule has 0 radical (unpaired) electrons. The van der Waals surface area contributed by atoms with E-state index in [2.05, 4.69) is 54.8 Å². The first-order valence-electron chi connectivity index (χ1n) is 12.4. The molecule has 38 heavy (non-hydrogen) atoms. The minimum atomic E-state index is -0.227. The predicted octanol–water partition coefficient (Wildman–Crippen LogP) is 3.42. The van der Waals surface area contributed by atoms with E-state index in [1.165, 1.54) is 5.56 Å². The summed E-state index contributed by atoms with van der Waals surface area (Å²) in [5.41, 5.74) is 5.54. The maximum absolute atomic E-state index is 11.6. The third-order valence-corrected chi connectivity index (χ3v) is 7.20. The largest absolute Gasteiger partial charge is 0.358 e. The molecule has 10 heteroatoms. The predicted molar refractivity (Wildman–Crippen MR) is 141 cm³/mol. The summed E-state index contributed by atoms with van der Waals surface area (Å²) in [6.45, 7) is 0.184. The summed E-state index contributed by atoms with van der Waals surface area (Å²) in [5, 5.41) is 21.8. The van der Waals surface area contributed by atoms with Crippen molar-refractivity contribution in [1.29, 1.82) is 0 Å². The number of benzene rings is 2. The summed E-state index contributed by atoms with van der Waals surface area (Å²) in [5.74, 6) is 1.20. The van der Waals surface area contributed by atoms with Gasteiger partial charge in [-0.15, -0.1) is 10.2 Å². The van der Waals surface area contributed by atoms with E-state index in [9.17, 15) is 4.79 Å².